The number of hydrogen-bond donors (Lipinski definition) is 1. The summed E-state index contributed by atoms with van der Waals surface area (Å²) >= 11 is 3.26. The van der Waals surface area contributed by atoms with E-state index in [1.807, 2.05) is 25.1 Å². The summed E-state index contributed by atoms with van der Waals surface area (Å²) in [5, 5.41) is 0. The van der Waals surface area contributed by atoms with Gasteiger partial charge in [0.25, 0.3) is 0 Å². The maximum Gasteiger partial charge on any atom is 0.161 e. The Labute approximate surface area is 111 Å². The van der Waals surface area contributed by atoms with Gasteiger partial charge in [0.1, 0.15) is 6.61 Å². The fourth-order valence-corrected chi connectivity index (χ4v) is 1.60. The first-order valence-electron chi connectivity index (χ1n) is 5.41. The Morgan fingerprint density at radius 2 is 2.18 bits per heavy atom. The van der Waals surface area contributed by atoms with Crippen molar-refractivity contribution in [2.75, 3.05) is 13.7 Å². The molecule has 0 aromatic heterocycles. The molecule has 0 radical (unpaired) electrons. The molecule has 17 heavy (non-hydrogen) atoms. The molecule has 1 rings (SSSR count). The van der Waals surface area contributed by atoms with Crippen molar-refractivity contribution in [3.8, 4) is 11.5 Å². The first-order valence-corrected chi connectivity index (χ1v) is 6.20. The fourth-order valence-electron chi connectivity index (χ4n) is 1.49. The SMILES string of the molecule is C=C(Br)COc1cc(CC(C)N)ccc1OC. The molecule has 1 aromatic rings. The molecule has 0 spiro atoms. The van der Waals surface area contributed by atoms with E-state index in [1.165, 1.54) is 0 Å². The number of halogens is 1. The van der Waals surface area contributed by atoms with Crippen LogP contribution in [0.4, 0.5) is 0 Å². The maximum atomic E-state index is 5.77. The molecule has 2 N–H and O–H groups in total. The molecule has 0 aliphatic rings. The van der Waals surface area contributed by atoms with Crippen LogP contribution < -0.4 is 15.2 Å². The highest BCUT2D eigenvalue weighted by atomic mass is 79.9. The standard InChI is InChI=1S/C13H18BrNO2/c1-9(14)8-17-13-7-11(6-10(2)15)4-5-12(13)16-3/h4-5,7,10H,1,6,8,15H2,2-3H3. The van der Waals surface area contributed by atoms with Gasteiger partial charge in [0.15, 0.2) is 11.5 Å². The third-order valence-electron chi connectivity index (χ3n) is 2.17. The average molecular weight is 300 g/mol. The second kappa shape index (κ2) is 6.67. The normalized spacial score (nSPS) is 12.0. The molecular formula is C13H18BrNO2. The molecular weight excluding hydrogens is 282 g/mol. The maximum absolute atomic E-state index is 5.77. The van der Waals surface area contributed by atoms with Crippen LogP contribution in [0.15, 0.2) is 29.3 Å². The van der Waals surface area contributed by atoms with Gasteiger partial charge in [-0.05, 0) is 31.0 Å². The molecule has 3 nitrogen and oxygen atoms in total. The lowest BCUT2D eigenvalue weighted by atomic mass is 10.1. The molecule has 1 unspecified atom stereocenters. The van der Waals surface area contributed by atoms with Crippen molar-refractivity contribution in [2.45, 2.75) is 19.4 Å². The van der Waals surface area contributed by atoms with Gasteiger partial charge in [-0.15, -0.1) is 0 Å². The smallest absolute Gasteiger partial charge is 0.161 e. The zero-order chi connectivity index (χ0) is 12.8. The number of nitrogens with two attached hydrogens (primary N) is 1. The zero-order valence-corrected chi connectivity index (χ0v) is 11.8. The van der Waals surface area contributed by atoms with Gasteiger partial charge < -0.3 is 15.2 Å². The molecule has 0 saturated heterocycles. The quantitative estimate of drug-likeness (QED) is 0.878. The van der Waals surface area contributed by atoms with Crippen molar-refractivity contribution < 1.29 is 9.47 Å². The molecule has 1 atom stereocenters. The summed E-state index contributed by atoms with van der Waals surface area (Å²) in [4.78, 5) is 0. The summed E-state index contributed by atoms with van der Waals surface area (Å²) in [6, 6.07) is 5.97. The molecule has 0 fully saturated rings. The summed E-state index contributed by atoms with van der Waals surface area (Å²) in [6.45, 7) is 6.12. The van der Waals surface area contributed by atoms with E-state index in [4.69, 9.17) is 15.2 Å². The van der Waals surface area contributed by atoms with Crippen LogP contribution in [0.25, 0.3) is 0 Å². The highest BCUT2D eigenvalue weighted by Gasteiger charge is 2.07. The Kier molecular flexibility index (Phi) is 5.51. The highest BCUT2D eigenvalue weighted by Crippen LogP contribution is 2.29. The minimum Gasteiger partial charge on any atom is -0.493 e. The minimum absolute atomic E-state index is 0.127. The van der Waals surface area contributed by atoms with Gasteiger partial charge in [0.2, 0.25) is 0 Å². The summed E-state index contributed by atoms with van der Waals surface area (Å²) in [6.07, 6.45) is 0.815. The predicted molar refractivity (Wildman–Crippen MR) is 73.9 cm³/mol. The molecule has 0 aliphatic carbocycles. The summed E-state index contributed by atoms with van der Waals surface area (Å²) in [5.41, 5.74) is 6.91. The second-order valence-corrected chi connectivity index (χ2v) is 5.09. The Bertz CT molecular complexity index is 391. The average Bonchev–Trinajstić information content (AvgIpc) is 2.25. The molecule has 0 amide bonds. The van der Waals surface area contributed by atoms with E-state index >= 15 is 0 Å². The number of methoxy groups -OCH3 is 1. The second-order valence-electron chi connectivity index (χ2n) is 3.97. The first kappa shape index (κ1) is 14.1. The monoisotopic (exact) mass is 299 g/mol. The van der Waals surface area contributed by atoms with Gasteiger partial charge in [-0.3, -0.25) is 0 Å². The van der Waals surface area contributed by atoms with E-state index in [2.05, 4.69) is 22.5 Å². The van der Waals surface area contributed by atoms with Crippen molar-refractivity contribution in [1.82, 2.24) is 0 Å². The van der Waals surface area contributed by atoms with E-state index in [0.29, 0.717) is 18.1 Å². The van der Waals surface area contributed by atoms with Gasteiger partial charge in [-0.25, -0.2) is 0 Å². The zero-order valence-electron chi connectivity index (χ0n) is 10.2. The number of benzene rings is 1. The van der Waals surface area contributed by atoms with E-state index in [1.54, 1.807) is 7.11 Å². The van der Waals surface area contributed by atoms with Gasteiger partial charge in [0.05, 0.1) is 7.11 Å². The van der Waals surface area contributed by atoms with Crippen molar-refractivity contribution in [3.63, 3.8) is 0 Å². The van der Waals surface area contributed by atoms with Gasteiger partial charge in [0, 0.05) is 10.5 Å². The van der Waals surface area contributed by atoms with Crippen LogP contribution in [-0.4, -0.2) is 19.8 Å². The Balaban J connectivity index is 2.85. The molecule has 0 saturated carbocycles. The largest absolute Gasteiger partial charge is 0.493 e. The lowest BCUT2D eigenvalue weighted by Gasteiger charge is -2.13. The van der Waals surface area contributed by atoms with Crippen LogP contribution in [0.5, 0.6) is 11.5 Å². The Morgan fingerprint density at radius 3 is 2.71 bits per heavy atom. The van der Waals surface area contributed by atoms with Gasteiger partial charge >= 0.3 is 0 Å². The van der Waals surface area contributed by atoms with Crippen LogP contribution in [0.3, 0.4) is 0 Å². The lowest BCUT2D eigenvalue weighted by Crippen LogP contribution is -2.17. The summed E-state index contributed by atoms with van der Waals surface area (Å²) in [7, 11) is 1.62. The van der Waals surface area contributed by atoms with E-state index in [0.717, 1.165) is 16.5 Å². The number of ether oxygens (including phenoxy) is 2. The fraction of sp³-hybridized carbons (Fsp3) is 0.385. The van der Waals surface area contributed by atoms with Gasteiger partial charge in [-0.1, -0.05) is 28.6 Å². The Hall–Kier alpha value is -1.00. The van der Waals surface area contributed by atoms with E-state index < -0.39 is 0 Å². The predicted octanol–water partition coefficient (Wildman–Crippen LogP) is 2.87. The topological polar surface area (TPSA) is 44.5 Å². The number of hydrogen-bond acceptors (Lipinski definition) is 3. The third kappa shape index (κ3) is 4.79. The van der Waals surface area contributed by atoms with Gasteiger partial charge in [-0.2, -0.15) is 0 Å². The van der Waals surface area contributed by atoms with Crippen LogP contribution >= 0.6 is 15.9 Å². The van der Waals surface area contributed by atoms with Crippen molar-refractivity contribution >= 4 is 15.9 Å². The molecule has 0 heterocycles. The molecule has 0 bridgehead atoms. The Morgan fingerprint density at radius 1 is 1.47 bits per heavy atom. The van der Waals surface area contributed by atoms with Crippen molar-refractivity contribution in [1.29, 1.82) is 0 Å². The van der Waals surface area contributed by atoms with Crippen molar-refractivity contribution in [3.05, 3.63) is 34.8 Å². The van der Waals surface area contributed by atoms with Crippen LogP contribution in [0.2, 0.25) is 0 Å². The highest BCUT2D eigenvalue weighted by molar-refractivity contribution is 9.11. The van der Waals surface area contributed by atoms with Crippen LogP contribution in [-0.2, 0) is 6.42 Å². The molecule has 0 aliphatic heterocycles. The van der Waals surface area contributed by atoms with E-state index in [9.17, 15) is 0 Å². The minimum atomic E-state index is 0.127. The molecule has 1 aromatic carbocycles. The third-order valence-corrected chi connectivity index (χ3v) is 2.40. The summed E-state index contributed by atoms with van der Waals surface area (Å²) < 4.78 is 11.6. The molecule has 4 heteroatoms. The first-order chi connectivity index (χ1) is 8.02. The van der Waals surface area contributed by atoms with Crippen LogP contribution in [0.1, 0.15) is 12.5 Å². The number of rotatable bonds is 6. The van der Waals surface area contributed by atoms with Crippen LogP contribution in [0, 0.1) is 0 Å². The summed E-state index contributed by atoms with van der Waals surface area (Å²) in [5.74, 6) is 1.43. The van der Waals surface area contributed by atoms with Crippen molar-refractivity contribution in [2.24, 2.45) is 5.73 Å². The lowest BCUT2D eigenvalue weighted by molar-refractivity contribution is 0.324. The molecule has 94 valence electrons. The van der Waals surface area contributed by atoms with E-state index in [-0.39, 0.29) is 6.04 Å².